The van der Waals surface area contributed by atoms with Gasteiger partial charge in [0.25, 0.3) is 0 Å². The van der Waals surface area contributed by atoms with Gasteiger partial charge in [-0.15, -0.1) is 0 Å². The molecule has 92 valence electrons. The molecule has 2 N–H and O–H groups in total. The Kier molecular flexibility index (Phi) is 6.26. The van der Waals surface area contributed by atoms with Gasteiger partial charge in [-0.2, -0.15) is 0 Å². The Morgan fingerprint density at radius 1 is 1.56 bits per heavy atom. The van der Waals surface area contributed by atoms with Crippen LogP contribution in [0.4, 0.5) is 0 Å². The van der Waals surface area contributed by atoms with E-state index in [9.17, 15) is 0 Å². The van der Waals surface area contributed by atoms with E-state index in [4.69, 9.17) is 16.3 Å². The summed E-state index contributed by atoms with van der Waals surface area (Å²) in [4.78, 5) is 4.30. The largest absolute Gasteiger partial charge is 0.381 e. The molecule has 0 aromatic heterocycles. The van der Waals surface area contributed by atoms with Crippen LogP contribution in [0, 0.1) is 5.92 Å². The predicted molar refractivity (Wildman–Crippen MR) is 67.9 cm³/mol. The van der Waals surface area contributed by atoms with Gasteiger partial charge in [-0.05, 0) is 13.3 Å². The monoisotopic (exact) mass is 245 g/mol. The summed E-state index contributed by atoms with van der Waals surface area (Å²) in [6.45, 7) is 9.52. The van der Waals surface area contributed by atoms with E-state index in [1.165, 1.54) is 0 Å². The number of aliphatic imine (C=N–C) groups is 1. The molecule has 0 aliphatic carbocycles. The Hall–Kier alpha value is -0.740. The highest BCUT2D eigenvalue weighted by Gasteiger charge is 2.15. The van der Waals surface area contributed by atoms with Gasteiger partial charge in [-0.25, -0.2) is 4.99 Å². The lowest BCUT2D eigenvalue weighted by molar-refractivity contribution is 0.186. The summed E-state index contributed by atoms with van der Waals surface area (Å²) in [5.74, 6) is 1.37. The highest BCUT2D eigenvalue weighted by atomic mass is 35.5. The summed E-state index contributed by atoms with van der Waals surface area (Å²) in [6.07, 6.45) is 1.12. The van der Waals surface area contributed by atoms with Crippen molar-refractivity contribution in [3.8, 4) is 0 Å². The quantitative estimate of drug-likeness (QED) is 0.568. The first-order valence-electron chi connectivity index (χ1n) is 5.65. The van der Waals surface area contributed by atoms with Gasteiger partial charge >= 0.3 is 0 Å². The fourth-order valence-electron chi connectivity index (χ4n) is 1.49. The van der Waals surface area contributed by atoms with Gasteiger partial charge in [0.2, 0.25) is 0 Å². The first-order chi connectivity index (χ1) is 7.72. The van der Waals surface area contributed by atoms with Crippen molar-refractivity contribution in [3.63, 3.8) is 0 Å². The maximum absolute atomic E-state index is 5.67. The number of nitrogens with one attached hydrogen (secondary N) is 2. The van der Waals surface area contributed by atoms with Crippen LogP contribution in [-0.2, 0) is 4.74 Å². The van der Waals surface area contributed by atoms with Crippen molar-refractivity contribution in [2.75, 3.05) is 32.8 Å². The second-order valence-electron chi connectivity index (χ2n) is 3.82. The average molecular weight is 246 g/mol. The van der Waals surface area contributed by atoms with E-state index in [2.05, 4.69) is 22.2 Å². The predicted octanol–water partition coefficient (Wildman–Crippen LogP) is 1.33. The van der Waals surface area contributed by atoms with Crippen molar-refractivity contribution < 1.29 is 4.74 Å². The van der Waals surface area contributed by atoms with Crippen LogP contribution in [0.3, 0.4) is 0 Å². The van der Waals surface area contributed by atoms with E-state index in [1.807, 2.05) is 6.92 Å². The van der Waals surface area contributed by atoms with Gasteiger partial charge in [0.05, 0.1) is 13.2 Å². The molecule has 1 fully saturated rings. The molecule has 0 spiro atoms. The first-order valence-corrected chi connectivity index (χ1v) is 6.03. The second kappa shape index (κ2) is 7.52. The molecule has 1 aliphatic rings. The molecule has 0 radical (unpaired) electrons. The third-order valence-electron chi connectivity index (χ3n) is 2.34. The second-order valence-corrected chi connectivity index (χ2v) is 4.36. The Balaban J connectivity index is 2.31. The zero-order valence-electron chi connectivity index (χ0n) is 9.76. The van der Waals surface area contributed by atoms with Crippen LogP contribution in [-0.4, -0.2) is 38.8 Å². The van der Waals surface area contributed by atoms with E-state index in [0.29, 0.717) is 17.5 Å². The van der Waals surface area contributed by atoms with Crippen molar-refractivity contribution in [1.29, 1.82) is 0 Å². The minimum atomic E-state index is 0.443. The summed E-state index contributed by atoms with van der Waals surface area (Å²) < 4.78 is 5.31. The number of hydrogen-bond acceptors (Lipinski definition) is 2. The van der Waals surface area contributed by atoms with Crippen LogP contribution in [0.5, 0.6) is 0 Å². The number of nitrogens with zero attached hydrogens (tertiary/aromatic N) is 1. The molecule has 1 aliphatic heterocycles. The number of halogens is 1. The molecule has 0 aromatic rings. The molecule has 1 saturated heterocycles. The third-order valence-corrected chi connectivity index (χ3v) is 2.45. The molecule has 0 amide bonds. The lowest BCUT2D eigenvalue weighted by Gasteiger charge is -2.13. The topological polar surface area (TPSA) is 45.7 Å². The smallest absolute Gasteiger partial charge is 0.191 e. The molecule has 5 heteroatoms. The SMILES string of the molecule is C=C(Cl)CN=C(NCC)NCC1CCOC1. The molecule has 4 nitrogen and oxygen atoms in total. The van der Waals surface area contributed by atoms with E-state index in [1.54, 1.807) is 0 Å². The van der Waals surface area contributed by atoms with Crippen molar-refractivity contribution in [2.45, 2.75) is 13.3 Å². The van der Waals surface area contributed by atoms with E-state index < -0.39 is 0 Å². The highest BCUT2D eigenvalue weighted by molar-refractivity contribution is 6.29. The third kappa shape index (κ3) is 5.37. The number of rotatable bonds is 5. The van der Waals surface area contributed by atoms with Crippen LogP contribution in [0.2, 0.25) is 0 Å². The van der Waals surface area contributed by atoms with Gasteiger partial charge in [0.1, 0.15) is 0 Å². The molecular weight excluding hydrogens is 226 g/mol. The molecule has 0 aromatic carbocycles. The summed E-state index contributed by atoms with van der Waals surface area (Å²) in [5.41, 5.74) is 0. The molecule has 1 heterocycles. The van der Waals surface area contributed by atoms with Gasteiger partial charge in [0, 0.05) is 30.6 Å². The summed E-state index contributed by atoms with van der Waals surface area (Å²) in [7, 11) is 0. The maximum atomic E-state index is 5.67. The zero-order chi connectivity index (χ0) is 11.8. The number of hydrogen-bond donors (Lipinski definition) is 2. The molecule has 1 rings (SSSR count). The van der Waals surface area contributed by atoms with Crippen LogP contribution in [0.25, 0.3) is 0 Å². The molecule has 16 heavy (non-hydrogen) atoms. The van der Waals surface area contributed by atoms with Gasteiger partial charge < -0.3 is 15.4 Å². The van der Waals surface area contributed by atoms with Crippen molar-refractivity contribution in [2.24, 2.45) is 10.9 Å². The maximum Gasteiger partial charge on any atom is 0.191 e. The van der Waals surface area contributed by atoms with Crippen LogP contribution in [0.15, 0.2) is 16.6 Å². The highest BCUT2D eigenvalue weighted by Crippen LogP contribution is 2.10. The number of ether oxygens (including phenoxy) is 1. The fraction of sp³-hybridized carbons (Fsp3) is 0.727. The van der Waals surface area contributed by atoms with Gasteiger partial charge in [-0.3, -0.25) is 0 Å². The van der Waals surface area contributed by atoms with Gasteiger partial charge in [0.15, 0.2) is 5.96 Å². The van der Waals surface area contributed by atoms with Gasteiger partial charge in [-0.1, -0.05) is 18.2 Å². The lowest BCUT2D eigenvalue weighted by atomic mass is 10.1. The Morgan fingerprint density at radius 3 is 2.94 bits per heavy atom. The van der Waals surface area contributed by atoms with E-state index >= 15 is 0 Å². The van der Waals surface area contributed by atoms with E-state index in [-0.39, 0.29) is 0 Å². The van der Waals surface area contributed by atoms with Crippen LogP contribution >= 0.6 is 11.6 Å². The summed E-state index contributed by atoms with van der Waals surface area (Å²) in [6, 6.07) is 0. The van der Waals surface area contributed by atoms with Crippen molar-refractivity contribution in [3.05, 3.63) is 11.6 Å². The molecule has 0 saturated carbocycles. The molecule has 0 bridgehead atoms. The summed E-state index contributed by atoms with van der Waals surface area (Å²) in [5, 5.41) is 6.98. The zero-order valence-corrected chi connectivity index (χ0v) is 10.5. The van der Waals surface area contributed by atoms with Crippen molar-refractivity contribution in [1.82, 2.24) is 10.6 Å². The van der Waals surface area contributed by atoms with Crippen LogP contribution in [0.1, 0.15) is 13.3 Å². The molecule has 1 atom stereocenters. The first kappa shape index (κ1) is 13.3. The molecular formula is C11H20ClN3O. The lowest BCUT2D eigenvalue weighted by Crippen LogP contribution is -2.40. The Bertz CT molecular complexity index is 250. The normalized spacial score (nSPS) is 20.9. The van der Waals surface area contributed by atoms with Crippen molar-refractivity contribution >= 4 is 17.6 Å². The minimum absolute atomic E-state index is 0.443. The Morgan fingerprint density at radius 2 is 2.38 bits per heavy atom. The average Bonchev–Trinajstić information content (AvgIpc) is 2.75. The minimum Gasteiger partial charge on any atom is -0.381 e. The van der Waals surface area contributed by atoms with E-state index in [0.717, 1.165) is 38.7 Å². The standard InChI is InChI=1S/C11H20ClN3O/c1-3-13-11(14-6-9(2)12)15-7-10-4-5-16-8-10/h10H,2-8H2,1H3,(H2,13,14,15). The number of guanidine groups is 1. The summed E-state index contributed by atoms with van der Waals surface area (Å²) >= 11 is 5.67. The van der Waals surface area contributed by atoms with Crippen LogP contribution < -0.4 is 10.6 Å². The Labute approximate surface area is 102 Å². The molecule has 1 unspecified atom stereocenters. The fourth-order valence-corrected chi connectivity index (χ4v) is 1.55.